The summed E-state index contributed by atoms with van der Waals surface area (Å²) in [5.74, 6) is 0.486. The molecule has 1 N–H and O–H groups in total. The zero-order chi connectivity index (χ0) is 14.4. The van der Waals surface area contributed by atoms with Crippen LogP contribution in [0.2, 0.25) is 5.02 Å². The van der Waals surface area contributed by atoms with Gasteiger partial charge in [0.1, 0.15) is 11.6 Å². The van der Waals surface area contributed by atoms with Gasteiger partial charge >= 0.3 is 0 Å². The molecule has 0 saturated heterocycles. The second kappa shape index (κ2) is 7.27. The molecule has 2 aromatic rings. The van der Waals surface area contributed by atoms with Gasteiger partial charge in [-0.25, -0.2) is 4.39 Å². The van der Waals surface area contributed by atoms with Crippen molar-refractivity contribution in [3.63, 3.8) is 0 Å². The molecular formula is C16H17ClFNO. The Hall–Kier alpha value is -1.58. The number of halogens is 2. The van der Waals surface area contributed by atoms with E-state index in [9.17, 15) is 4.39 Å². The number of hydrogen-bond donors (Lipinski definition) is 1. The molecule has 106 valence electrons. The van der Waals surface area contributed by atoms with E-state index in [0.29, 0.717) is 6.54 Å². The molecule has 4 heteroatoms. The van der Waals surface area contributed by atoms with Crippen molar-refractivity contribution in [2.24, 2.45) is 0 Å². The first-order valence-corrected chi connectivity index (χ1v) is 6.84. The summed E-state index contributed by atoms with van der Waals surface area (Å²) in [7, 11) is 1.65. The molecule has 0 aliphatic carbocycles. The van der Waals surface area contributed by atoms with Crippen molar-refractivity contribution in [3.8, 4) is 5.75 Å². The third-order valence-electron chi connectivity index (χ3n) is 3.06. The third kappa shape index (κ3) is 4.22. The van der Waals surface area contributed by atoms with Gasteiger partial charge in [0.05, 0.1) is 12.1 Å². The molecule has 20 heavy (non-hydrogen) atoms. The molecule has 0 unspecified atom stereocenters. The van der Waals surface area contributed by atoms with Crippen molar-refractivity contribution in [1.82, 2.24) is 5.32 Å². The summed E-state index contributed by atoms with van der Waals surface area (Å²) >= 11 is 5.64. The number of ether oxygens (including phenoxy) is 1. The van der Waals surface area contributed by atoms with Gasteiger partial charge in [-0.1, -0.05) is 29.8 Å². The van der Waals surface area contributed by atoms with Crippen LogP contribution in [0.25, 0.3) is 0 Å². The normalized spacial score (nSPS) is 10.6. The monoisotopic (exact) mass is 293 g/mol. The highest BCUT2D eigenvalue weighted by Gasteiger charge is 2.01. The van der Waals surface area contributed by atoms with Crippen LogP contribution < -0.4 is 10.1 Å². The lowest BCUT2D eigenvalue weighted by Gasteiger charge is -2.06. The Bertz CT molecular complexity index is 557. The first kappa shape index (κ1) is 14.8. The van der Waals surface area contributed by atoms with E-state index in [1.54, 1.807) is 13.2 Å². The number of hydrogen-bond acceptors (Lipinski definition) is 2. The lowest BCUT2D eigenvalue weighted by Crippen LogP contribution is -2.16. The van der Waals surface area contributed by atoms with Crippen molar-refractivity contribution < 1.29 is 9.13 Å². The molecule has 0 radical (unpaired) electrons. The summed E-state index contributed by atoms with van der Waals surface area (Å²) in [5, 5.41) is 3.44. The fourth-order valence-electron chi connectivity index (χ4n) is 1.91. The van der Waals surface area contributed by atoms with Gasteiger partial charge in [0, 0.05) is 6.54 Å². The van der Waals surface area contributed by atoms with Crippen LogP contribution in [0.5, 0.6) is 5.75 Å². The second-order valence-electron chi connectivity index (χ2n) is 4.52. The van der Waals surface area contributed by atoms with Gasteiger partial charge in [0.15, 0.2) is 0 Å². The lowest BCUT2D eigenvalue weighted by molar-refractivity contribution is 0.414. The van der Waals surface area contributed by atoms with E-state index < -0.39 is 0 Å². The Balaban J connectivity index is 1.76. The average molecular weight is 294 g/mol. The van der Waals surface area contributed by atoms with Crippen LogP contribution in [0.1, 0.15) is 11.1 Å². The summed E-state index contributed by atoms with van der Waals surface area (Å²) in [6.45, 7) is 1.46. The van der Waals surface area contributed by atoms with Gasteiger partial charge in [-0.05, 0) is 48.4 Å². The van der Waals surface area contributed by atoms with Crippen LogP contribution in [0.4, 0.5) is 4.39 Å². The number of rotatable bonds is 6. The molecule has 0 aliphatic heterocycles. The largest absolute Gasteiger partial charge is 0.497 e. The fourth-order valence-corrected chi connectivity index (χ4v) is 2.02. The van der Waals surface area contributed by atoms with E-state index in [4.69, 9.17) is 16.3 Å². The maximum absolute atomic E-state index is 13.3. The van der Waals surface area contributed by atoms with Gasteiger partial charge in [-0.15, -0.1) is 0 Å². The predicted molar refractivity (Wildman–Crippen MR) is 79.8 cm³/mol. The molecule has 2 rings (SSSR count). The van der Waals surface area contributed by atoms with Crippen LogP contribution >= 0.6 is 11.6 Å². The predicted octanol–water partition coefficient (Wildman–Crippen LogP) is 3.82. The minimum atomic E-state index is -0.374. The van der Waals surface area contributed by atoms with Crippen molar-refractivity contribution in [2.45, 2.75) is 13.0 Å². The molecule has 0 bridgehead atoms. The second-order valence-corrected chi connectivity index (χ2v) is 4.93. The summed E-state index contributed by atoms with van der Waals surface area (Å²) in [6, 6.07) is 12.9. The van der Waals surface area contributed by atoms with Gasteiger partial charge in [-0.2, -0.15) is 0 Å². The molecule has 0 fully saturated rings. The standard InChI is InChI=1S/C16H17ClFNO/c1-20-14-5-2-12(3-6-14)8-9-19-11-13-4-7-15(17)16(18)10-13/h2-7,10,19H,8-9,11H2,1H3. The zero-order valence-electron chi connectivity index (χ0n) is 11.3. The SMILES string of the molecule is COc1ccc(CCNCc2ccc(Cl)c(F)c2)cc1. The molecule has 0 aromatic heterocycles. The molecule has 2 nitrogen and oxygen atoms in total. The molecular weight excluding hydrogens is 277 g/mol. The molecule has 0 saturated carbocycles. The fraction of sp³-hybridized carbons (Fsp3) is 0.250. The summed E-state index contributed by atoms with van der Waals surface area (Å²) in [5.41, 5.74) is 2.13. The maximum atomic E-state index is 13.3. The lowest BCUT2D eigenvalue weighted by atomic mass is 10.1. The van der Waals surface area contributed by atoms with Crippen LogP contribution in [0.3, 0.4) is 0 Å². The highest BCUT2D eigenvalue weighted by molar-refractivity contribution is 6.30. The summed E-state index contributed by atoms with van der Waals surface area (Å²) in [4.78, 5) is 0. The van der Waals surface area contributed by atoms with E-state index in [1.807, 2.05) is 30.3 Å². The van der Waals surface area contributed by atoms with Crippen LogP contribution in [0, 0.1) is 5.82 Å². The summed E-state index contributed by atoms with van der Waals surface area (Å²) < 4.78 is 18.4. The summed E-state index contributed by atoms with van der Waals surface area (Å²) in [6.07, 6.45) is 0.917. The van der Waals surface area contributed by atoms with E-state index in [2.05, 4.69) is 5.32 Å². The molecule has 0 aliphatic rings. The Morgan fingerprint density at radius 1 is 1.10 bits per heavy atom. The topological polar surface area (TPSA) is 21.3 Å². The van der Waals surface area contributed by atoms with Crippen LogP contribution in [-0.4, -0.2) is 13.7 Å². The minimum absolute atomic E-state index is 0.159. The van der Waals surface area contributed by atoms with Gasteiger partial charge in [-0.3, -0.25) is 0 Å². The number of nitrogens with one attached hydrogen (secondary N) is 1. The molecule has 0 heterocycles. The van der Waals surface area contributed by atoms with Crippen molar-refractivity contribution in [1.29, 1.82) is 0 Å². The van der Waals surface area contributed by atoms with Crippen LogP contribution in [-0.2, 0) is 13.0 Å². The smallest absolute Gasteiger partial charge is 0.142 e. The van der Waals surface area contributed by atoms with Gasteiger partial charge in [0.2, 0.25) is 0 Å². The number of methoxy groups -OCH3 is 1. The highest BCUT2D eigenvalue weighted by Crippen LogP contribution is 2.15. The van der Waals surface area contributed by atoms with Crippen molar-refractivity contribution in [3.05, 3.63) is 64.4 Å². The van der Waals surface area contributed by atoms with E-state index >= 15 is 0 Å². The molecule has 0 atom stereocenters. The first-order valence-electron chi connectivity index (χ1n) is 6.46. The third-order valence-corrected chi connectivity index (χ3v) is 3.37. The Morgan fingerprint density at radius 2 is 1.80 bits per heavy atom. The molecule has 0 spiro atoms. The van der Waals surface area contributed by atoms with E-state index in [-0.39, 0.29) is 10.8 Å². The first-order chi connectivity index (χ1) is 9.69. The van der Waals surface area contributed by atoms with E-state index in [1.165, 1.54) is 11.6 Å². The minimum Gasteiger partial charge on any atom is -0.497 e. The molecule has 2 aromatic carbocycles. The maximum Gasteiger partial charge on any atom is 0.142 e. The van der Waals surface area contributed by atoms with Gasteiger partial charge < -0.3 is 10.1 Å². The highest BCUT2D eigenvalue weighted by atomic mass is 35.5. The van der Waals surface area contributed by atoms with Crippen molar-refractivity contribution >= 4 is 11.6 Å². The average Bonchev–Trinajstić information content (AvgIpc) is 2.48. The van der Waals surface area contributed by atoms with E-state index in [0.717, 1.165) is 24.3 Å². The quantitative estimate of drug-likeness (QED) is 0.818. The Labute approximate surface area is 123 Å². The van der Waals surface area contributed by atoms with Crippen LogP contribution in [0.15, 0.2) is 42.5 Å². The van der Waals surface area contributed by atoms with Crippen molar-refractivity contribution in [2.75, 3.05) is 13.7 Å². The Kier molecular flexibility index (Phi) is 5.39. The number of benzene rings is 2. The zero-order valence-corrected chi connectivity index (χ0v) is 12.1. The van der Waals surface area contributed by atoms with Gasteiger partial charge in [0.25, 0.3) is 0 Å². The Morgan fingerprint density at radius 3 is 2.45 bits per heavy atom. The molecule has 0 amide bonds.